The summed E-state index contributed by atoms with van der Waals surface area (Å²) < 4.78 is 11.9. The maximum absolute atomic E-state index is 7.00. The van der Waals surface area contributed by atoms with Crippen molar-refractivity contribution in [3.8, 4) is 33.6 Å². The Bertz CT molecular complexity index is 3180. The highest BCUT2D eigenvalue weighted by Crippen LogP contribution is 2.52. The van der Waals surface area contributed by atoms with E-state index in [9.17, 15) is 0 Å². The first-order chi connectivity index (χ1) is 24.4. The van der Waals surface area contributed by atoms with Gasteiger partial charge in [0.15, 0.2) is 5.58 Å². The molecule has 0 N–H and O–H groups in total. The smallest absolute Gasteiger partial charge is 0.162 e. The Balaban J connectivity index is 1.37. The Morgan fingerprint density at radius 1 is 0.347 bits per heavy atom. The SMILES string of the molecule is c1ccc(-n2c3ccccc3c3c4c5ccccc5n(-c5ccc6c7c(cccc57)-c5ccccc5-6)c4c4c5ccccc5oc4c32)cc1. The van der Waals surface area contributed by atoms with Crippen LogP contribution in [0.5, 0.6) is 0 Å². The normalized spacial score (nSPS) is 12.5. The minimum Gasteiger partial charge on any atom is -0.454 e. The lowest BCUT2D eigenvalue weighted by Crippen LogP contribution is -1.97. The van der Waals surface area contributed by atoms with Crippen LogP contribution in [0.3, 0.4) is 0 Å². The molecule has 12 rings (SSSR count). The van der Waals surface area contributed by atoms with Gasteiger partial charge in [0.05, 0.1) is 33.1 Å². The molecule has 11 aromatic rings. The first-order valence-electron chi connectivity index (χ1n) is 16.9. The molecule has 1 aliphatic rings. The van der Waals surface area contributed by atoms with Gasteiger partial charge in [-0.1, -0.05) is 121 Å². The maximum atomic E-state index is 7.00. The number of hydrogen-bond donors (Lipinski definition) is 0. The summed E-state index contributed by atoms with van der Waals surface area (Å²) in [5.74, 6) is 0. The molecule has 1 aliphatic carbocycles. The second kappa shape index (κ2) is 9.06. The lowest BCUT2D eigenvalue weighted by molar-refractivity contribution is 0.671. The molecule has 0 aliphatic heterocycles. The number of para-hydroxylation sites is 4. The minimum atomic E-state index is 0.892. The molecule has 0 unspecified atom stereocenters. The summed E-state index contributed by atoms with van der Waals surface area (Å²) in [6, 6.07) is 57.2. The van der Waals surface area contributed by atoms with Gasteiger partial charge < -0.3 is 13.6 Å². The van der Waals surface area contributed by atoms with Crippen LogP contribution in [0, 0.1) is 0 Å². The van der Waals surface area contributed by atoms with Gasteiger partial charge in [-0.3, -0.25) is 0 Å². The summed E-state index contributed by atoms with van der Waals surface area (Å²) >= 11 is 0. The van der Waals surface area contributed by atoms with Gasteiger partial charge in [0.2, 0.25) is 0 Å². The fourth-order valence-electron chi connectivity index (χ4n) is 8.97. The van der Waals surface area contributed by atoms with Crippen LogP contribution in [0.4, 0.5) is 0 Å². The van der Waals surface area contributed by atoms with E-state index in [1.54, 1.807) is 0 Å². The summed E-state index contributed by atoms with van der Waals surface area (Å²) in [7, 11) is 0. The summed E-state index contributed by atoms with van der Waals surface area (Å²) in [6.07, 6.45) is 0. The van der Waals surface area contributed by atoms with Crippen LogP contribution in [0.15, 0.2) is 162 Å². The van der Waals surface area contributed by atoms with E-state index in [0.29, 0.717) is 0 Å². The highest BCUT2D eigenvalue weighted by atomic mass is 16.3. The third-order valence-electron chi connectivity index (χ3n) is 10.8. The monoisotopic (exact) mass is 622 g/mol. The molecular formula is C46H26N2O. The average Bonchev–Trinajstić information content (AvgIpc) is 3.90. The lowest BCUT2D eigenvalue weighted by Gasteiger charge is -2.14. The van der Waals surface area contributed by atoms with Crippen LogP contribution >= 0.6 is 0 Å². The zero-order valence-corrected chi connectivity index (χ0v) is 26.3. The van der Waals surface area contributed by atoms with Gasteiger partial charge in [-0.2, -0.15) is 0 Å². The van der Waals surface area contributed by atoms with E-state index >= 15 is 0 Å². The third kappa shape index (κ3) is 3.09. The van der Waals surface area contributed by atoms with Crippen molar-refractivity contribution in [2.24, 2.45) is 0 Å². The fraction of sp³-hybridized carbons (Fsp3) is 0. The highest BCUT2D eigenvalue weighted by Gasteiger charge is 2.29. The molecule has 0 atom stereocenters. The maximum Gasteiger partial charge on any atom is 0.162 e. The van der Waals surface area contributed by atoms with Gasteiger partial charge in [0.1, 0.15) is 5.58 Å². The number of hydrogen-bond acceptors (Lipinski definition) is 1. The van der Waals surface area contributed by atoms with Crippen molar-refractivity contribution in [1.29, 1.82) is 0 Å². The largest absolute Gasteiger partial charge is 0.454 e. The van der Waals surface area contributed by atoms with Crippen molar-refractivity contribution in [2.75, 3.05) is 0 Å². The van der Waals surface area contributed by atoms with Crippen molar-refractivity contribution in [2.45, 2.75) is 0 Å². The number of rotatable bonds is 2. The lowest BCUT2D eigenvalue weighted by atomic mass is 10.0. The topological polar surface area (TPSA) is 23.0 Å². The summed E-state index contributed by atoms with van der Waals surface area (Å²) in [4.78, 5) is 0. The first-order valence-corrected chi connectivity index (χ1v) is 16.9. The molecule has 3 heteroatoms. The van der Waals surface area contributed by atoms with E-state index < -0.39 is 0 Å². The molecule has 226 valence electrons. The summed E-state index contributed by atoms with van der Waals surface area (Å²) in [5, 5.41) is 9.75. The Morgan fingerprint density at radius 3 is 1.69 bits per heavy atom. The van der Waals surface area contributed by atoms with Gasteiger partial charge in [-0.15, -0.1) is 0 Å². The van der Waals surface area contributed by atoms with Crippen LogP contribution in [-0.4, -0.2) is 9.13 Å². The molecule has 0 radical (unpaired) electrons. The van der Waals surface area contributed by atoms with E-state index in [0.717, 1.165) is 38.7 Å². The second-order valence-corrected chi connectivity index (χ2v) is 13.2. The van der Waals surface area contributed by atoms with Crippen LogP contribution in [0.2, 0.25) is 0 Å². The Kier molecular flexibility index (Phi) is 4.72. The van der Waals surface area contributed by atoms with E-state index in [1.807, 2.05) is 0 Å². The molecule has 3 nitrogen and oxygen atoms in total. The van der Waals surface area contributed by atoms with Gasteiger partial charge in [-0.25, -0.2) is 0 Å². The first kappa shape index (κ1) is 25.5. The van der Waals surface area contributed by atoms with Crippen LogP contribution in [0.1, 0.15) is 0 Å². The Morgan fingerprint density at radius 2 is 0.918 bits per heavy atom. The van der Waals surface area contributed by atoms with E-state index in [1.165, 1.54) is 71.3 Å². The van der Waals surface area contributed by atoms with E-state index in [2.05, 4.69) is 167 Å². The molecule has 0 saturated heterocycles. The molecular weight excluding hydrogens is 597 g/mol. The zero-order chi connectivity index (χ0) is 31.8. The zero-order valence-electron chi connectivity index (χ0n) is 26.3. The van der Waals surface area contributed by atoms with Gasteiger partial charge >= 0.3 is 0 Å². The molecule has 49 heavy (non-hydrogen) atoms. The molecule has 8 aromatic carbocycles. The van der Waals surface area contributed by atoms with E-state index in [4.69, 9.17) is 4.42 Å². The second-order valence-electron chi connectivity index (χ2n) is 13.2. The molecule has 0 saturated carbocycles. The predicted octanol–water partition coefficient (Wildman–Crippen LogP) is 12.6. The average molecular weight is 623 g/mol. The summed E-state index contributed by atoms with van der Waals surface area (Å²) in [6.45, 7) is 0. The van der Waals surface area contributed by atoms with Crippen LogP contribution in [-0.2, 0) is 0 Å². The van der Waals surface area contributed by atoms with Crippen molar-refractivity contribution in [3.63, 3.8) is 0 Å². The number of aromatic nitrogens is 2. The molecule has 0 bridgehead atoms. The van der Waals surface area contributed by atoms with E-state index in [-0.39, 0.29) is 0 Å². The Hall–Kier alpha value is -6.58. The molecule has 0 spiro atoms. The number of nitrogens with zero attached hydrogens (tertiary/aromatic N) is 2. The number of benzene rings is 8. The van der Waals surface area contributed by atoms with Gasteiger partial charge in [0.25, 0.3) is 0 Å². The fourth-order valence-corrected chi connectivity index (χ4v) is 8.97. The number of furan rings is 1. The van der Waals surface area contributed by atoms with Crippen LogP contribution < -0.4 is 0 Å². The standard InChI is InChI=1S/C46H26N2O/c1-2-13-27(14-3-1)47-36-22-9-6-17-33(36)42-41-34-18-7-10-23-37(34)48(44(41)43-35-19-8-11-24-39(35)49-46(43)45(42)47)38-26-25-31-29-16-5-4-15-28(29)30-20-12-21-32(38)40(30)31/h1-26H. The third-order valence-corrected chi connectivity index (χ3v) is 10.8. The number of fused-ring (bicyclic) bond motifs is 15. The highest BCUT2D eigenvalue weighted by molar-refractivity contribution is 6.39. The molecule has 0 fully saturated rings. The Labute approximate surface area is 280 Å². The molecule has 3 heterocycles. The molecule has 0 amide bonds. The molecule has 3 aromatic heterocycles. The van der Waals surface area contributed by atoms with Gasteiger partial charge in [-0.05, 0) is 64.0 Å². The van der Waals surface area contributed by atoms with Crippen molar-refractivity contribution in [3.05, 3.63) is 158 Å². The van der Waals surface area contributed by atoms with Crippen LogP contribution in [0.25, 0.3) is 110 Å². The summed E-state index contributed by atoms with van der Waals surface area (Å²) in [5.41, 5.74) is 13.9. The van der Waals surface area contributed by atoms with Crippen molar-refractivity contribution < 1.29 is 4.42 Å². The minimum absolute atomic E-state index is 0.892. The van der Waals surface area contributed by atoms with Gasteiger partial charge in [0, 0.05) is 38.0 Å². The quantitative estimate of drug-likeness (QED) is 0.188. The van der Waals surface area contributed by atoms with Crippen molar-refractivity contribution in [1.82, 2.24) is 9.13 Å². The van der Waals surface area contributed by atoms with Crippen molar-refractivity contribution >= 4 is 76.3 Å². The predicted molar refractivity (Wildman–Crippen MR) is 204 cm³/mol.